The van der Waals surface area contributed by atoms with Gasteiger partial charge in [0.25, 0.3) is 5.91 Å². The number of aromatic nitrogens is 3. The monoisotopic (exact) mass is 416 g/mol. The van der Waals surface area contributed by atoms with Crippen molar-refractivity contribution in [2.75, 3.05) is 11.9 Å². The molecule has 0 saturated carbocycles. The van der Waals surface area contributed by atoms with Crippen molar-refractivity contribution in [2.45, 2.75) is 19.4 Å². The second-order valence-corrected chi connectivity index (χ2v) is 8.37. The van der Waals surface area contributed by atoms with E-state index in [-0.39, 0.29) is 11.8 Å². The molecule has 1 amide bonds. The molecule has 1 unspecified atom stereocenters. The summed E-state index contributed by atoms with van der Waals surface area (Å²) >= 11 is 1.46. The van der Waals surface area contributed by atoms with Crippen LogP contribution in [0.25, 0.3) is 10.9 Å². The number of benzene rings is 2. The third kappa shape index (κ3) is 3.69. The molecule has 0 radical (unpaired) electrons. The third-order valence-electron chi connectivity index (χ3n) is 5.13. The highest BCUT2D eigenvalue weighted by Gasteiger charge is 2.22. The summed E-state index contributed by atoms with van der Waals surface area (Å²) < 4.78 is 0. The fraction of sp³-hybridized carbons (Fsp3) is 0.182. The molecule has 2 aromatic heterocycles. The zero-order valence-corrected chi connectivity index (χ0v) is 17.2. The van der Waals surface area contributed by atoms with Crippen LogP contribution in [0.5, 0.6) is 0 Å². The molecule has 0 bridgehead atoms. The highest BCUT2D eigenvalue weighted by Crippen LogP contribution is 2.30. The smallest absolute Gasteiger partial charge is 0.275 e. The molecule has 30 heavy (non-hydrogen) atoms. The Balaban J connectivity index is 1.38. The number of H-pyrrole nitrogens is 1. The summed E-state index contributed by atoms with van der Waals surface area (Å²) in [6.45, 7) is 3.44. The van der Waals surface area contributed by atoms with Crippen molar-refractivity contribution in [1.82, 2.24) is 20.2 Å². The summed E-state index contributed by atoms with van der Waals surface area (Å²) in [4.78, 5) is 16.9. The molecule has 1 aliphatic rings. The quantitative estimate of drug-likeness (QED) is 0.511. The lowest BCUT2D eigenvalue weighted by Crippen LogP contribution is -2.17. The van der Waals surface area contributed by atoms with Crippen molar-refractivity contribution in [1.29, 1.82) is 0 Å². The molecule has 3 heterocycles. The van der Waals surface area contributed by atoms with E-state index in [9.17, 15) is 4.79 Å². The first-order valence-electron chi connectivity index (χ1n) is 9.69. The molecule has 150 valence electrons. The molecule has 0 spiro atoms. The molecule has 8 heteroatoms. The lowest BCUT2D eigenvalue weighted by atomic mass is 9.98. The minimum Gasteiger partial charge on any atom is -0.320 e. The van der Waals surface area contributed by atoms with Gasteiger partial charge in [0, 0.05) is 29.4 Å². The maximum Gasteiger partial charge on any atom is 0.275 e. The Hall–Kier alpha value is -3.52. The fourth-order valence-electron chi connectivity index (χ4n) is 3.63. The predicted molar refractivity (Wildman–Crippen MR) is 119 cm³/mol. The van der Waals surface area contributed by atoms with E-state index in [0.717, 1.165) is 40.3 Å². The highest BCUT2D eigenvalue weighted by atomic mass is 32.1. The van der Waals surface area contributed by atoms with Crippen LogP contribution in [0.2, 0.25) is 0 Å². The van der Waals surface area contributed by atoms with E-state index in [1.165, 1.54) is 16.9 Å². The standard InChI is InChI=1S/C22H20N6OS/c1-14-25-21(13-30-14)22(29)26-19-7-16(8-20-18(19)10-23-27-20)17-9-24-28(12-17)11-15-5-3-2-4-6-15/h2-10,13,17H,11-12H2,1H3,(H,23,27)(H,26,29). The van der Waals surface area contributed by atoms with Gasteiger partial charge in [0.15, 0.2) is 0 Å². The SMILES string of the molecule is Cc1nc(C(=O)Nc2cc(C3C=NN(Cc4ccccc4)C3)cc3[nH]ncc23)cs1. The molecular weight excluding hydrogens is 396 g/mol. The van der Waals surface area contributed by atoms with Gasteiger partial charge < -0.3 is 5.32 Å². The number of aromatic amines is 1. The Kier molecular flexibility index (Phi) is 4.76. The van der Waals surface area contributed by atoms with Crippen LogP contribution in [-0.4, -0.2) is 38.9 Å². The first kappa shape index (κ1) is 18.5. The summed E-state index contributed by atoms with van der Waals surface area (Å²) in [5, 5.41) is 20.3. The molecule has 7 nitrogen and oxygen atoms in total. The third-order valence-corrected chi connectivity index (χ3v) is 5.91. The molecule has 2 aromatic carbocycles. The van der Waals surface area contributed by atoms with E-state index in [4.69, 9.17) is 0 Å². The van der Waals surface area contributed by atoms with E-state index >= 15 is 0 Å². The lowest BCUT2D eigenvalue weighted by Gasteiger charge is -2.17. The topological polar surface area (TPSA) is 86.3 Å². The molecular formula is C22H20N6OS. The number of nitrogens with one attached hydrogen (secondary N) is 2. The van der Waals surface area contributed by atoms with Gasteiger partial charge in [-0.1, -0.05) is 30.3 Å². The van der Waals surface area contributed by atoms with E-state index in [0.29, 0.717) is 5.69 Å². The van der Waals surface area contributed by atoms with Crippen LogP contribution >= 0.6 is 11.3 Å². The Morgan fingerprint density at radius 3 is 2.97 bits per heavy atom. The minimum atomic E-state index is -0.218. The minimum absolute atomic E-state index is 0.138. The molecule has 4 aromatic rings. The van der Waals surface area contributed by atoms with Gasteiger partial charge in [0.2, 0.25) is 0 Å². The van der Waals surface area contributed by atoms with E-state index in [2.05, 4.69) is 48.8 Å². The lowest BCUT2D eigenvalue weighted by molar-refractivity contribution is 0.102. The van der Waals surface area contributed by atoms with Crippen molar-refractivity contribution >= 4 is 40.0 Å². The number of carbonyl (C=O) groups excluding carboxylic acids is 1. The van der Waals surface area contributed by atoms with Gasteiger partial charge in [0.1, 0.15) is 5.69 Å². The van der Waals surface area contributed by atoms with Crippen LogP contribution in [-0.2, 0) is 6.54 Å². The summed E-state index contributed by atoms with van der Waals surface area (Å²) in [5.74, 6) is -0.0802. The summed E-state index contributed by atoms with van der Waals surface area (Å²) in [7, 11) is 0. The van der Waals surface area contributed by atoms with Gasteiger partial charge >= 0.3 is 0 Å². The van der Waals surface area contributed by atoms with Crippen LogP contribution < -0.4 is 5.32 Å². The highest BCUT2D eigenvalue weighted by molar-refractivity contribution is 7.09. The Morgan fingerprint density at radius 2 is 2.17 bits per heavy atom. The number of carbonyl (C=O) groups is 1. The van der Waals surface area contributed by atoms with Crippen molar-refractivity contribution in [3.05, 3.63) is 75.9 Å². The van der Waals surface area contributed by atoms with E-state index in [1.807, 2.05) is 37.4 Å². The van der Waals surface area contributed by atoms with Gasteiger partial charge in [-0.15, -0.1) is 11.3 Å². The molecule has 5 rings (SSSR count). The van der Waals surface area contributed by atoms with Gasteiger partial charge in [0.05, 0.1) is 29.0 Å². The second-order valence-electron chi connectivity index (χ2n) is 7.31. The number of nitrogens with zero attached hydrogens (tertiary/aromatic N) is 4. The van der Waals surface area contributed by atoms with Crippen LogP contribution in [0.4, 0.5) is 5.69 Å². The predicted octanol–water partition coefficient (Wildman–Crippen LogP) is 4.17. The Morgan fingerprint density at radius 1 is 1.30 bits per heavy atom. The molecule has 0 aliphatic carbocycles. The van der Waals surface area contributed by atoms with Crippen LogP contribution in [0.3, 0.4) is 0 Å². The Labute approximate surface area is 177 Å². The van der Waals surface area contributed by atoms with Gasteiger partial charge in [-0.25, -0.2) is 4.98 Å². The van der Waals surface area contributed by atoms with Crippen LogP contribution in [0, 0.1) is 6.92 Å². The number of hydrogen-bond donors (Lipinski definition) is 2. The number of hydrogen-bond acceptors (Lipinski definition) is 6. The van der Waals surface area contributed by atoms with Crippen molar-refractivity contribution < 1.29 is 4.79 Å². The molecule has 0 saturated heterocycles. The summed E-state index contributed by atoms with van der Waals surface area (Å²) in [5.41, 5.74) is 4.34. The first-order valence-corrected chi connectivity index (χ1v) is 10.6. The van der Waals surface area contributed by atoms with Crippen molar-refractivity contribution in [3.8, 4) is 0 Å². The van der Waals surface area contributed by atoms with Crippen LogP contribution in [0.1, 0.15) is 32.5 Å². The van der Waals surface area contributed by atoms with Crippen molar-refractivity contribution in [3.63, 3.8) is 0 Å². The second kappa shape index (κ2) is 7.72. The molecule has 1 atom stereocenters. The van der Waals surface area contributed by atoms with Crippen LogP contribution in [0.15, 0.2) is 59.1 Å². The van der Waals surface area contributed by atoms with E-state index in [1.54, 1.807) is 11.6 Å². The molecule has 0 fully saturated rings. The van der Waals surface area contributed by atoms with Gasteiger partial charge in [-0.2, -0.15) is 10.2 Å². The normalized spacial score (nSPS) is 15.8. The fourth-order valence-corrected chi connectivity index (χ4v) is 4.23. The number of thiazole rings is 1. The zero-order valence-electron chi connectivity index (χ0n) is 16.4. The number of anilines is 1. The maximum atomic E-state index is 12.6. The summed E-state index contributed by atoms with van der Waals surface area (Å²) in [6, 6.07) is 14.4. The number of aryl methyl sites for hydroxylation is 1. The van der Waals surface area contributed by atoms with Gasteiger partial charge in [-0.3, -0.25) is 14.9 Å². The summed E-state index contributed by atoms with van der Waals surface area (Å²) in [6.07, 6.45) is 3.70. The Bertz CT molecular complexity index is 1230. The molecule has 2 N–H and O–H groups in total. The largest absolute Gasteiger partial charge is 0.320 e. The van der Waals surface area contributed by atoms with Crippen molar-refractivity contribution in [2.24, 2.45) is 5.10 Å². The average Bonchev–Trinajstić information content (AvgIpc) is 3.49. The first-order chi connectivity index (χ1) is 14.7. The molecule has 1 aliphatic heterocycles. The average molecular weight is 417 g/mol. The van der Waals surface area contributed by atoms with E-state index < -0.39 is 0 Å². The number of hydrazone groups is 1. The maximum absolute atomic E-state index is 12.6. The zero-order chi connectivity index (χ0) is 20.5. The van der Waals surface area contributed by atoms with Gasteiger partial charge in [-0.05, 0) is 30.2 Å². The number of rotatable bonds is 5. The number of fused-ring (bicyclic) bond motifs is 1. The number of amides is 1.